The summed E-state index contributed by atoms with van der Waals surface area (Å²) in [5, 5.41) is 0. The smallest absolute Gasteiger partial charge is 0.500 e. The Bertz CT molecular complexity index is 198. The first-order valence-corrected chi connectivity index (χ1v) is 4.95. The minimum Gasteiger partial charge on any atom is -0.500 e. The van der Waals surface area contributed by atoms with Crippen LogP contribution in [0.5, 0.6) is 0 Å². The summed E-state index contributed by atoms with van der Waals surface area (Å²) in [6.45, 7) is 0. The molecule has 0 radical (unpaired) electrons. The van der Waals surface area contributed by atoms with Crippen molar-refractivity contribution in [3.63, 3.8) is 0 Å². The largest absolute Gasteiger partial charge is 3.00 e. The van der Waals surface area contributed by atoms with Crippen LogP contribution in [0.2, 0.25) is 0 Å². The topological polar surface area (TPSA) is 0 Å². The third kappa shape index (κ3) is 73.7. The van der Waals surface area contributed by atoms with E-state index in [9.17, 15) is 34.5 Å². The number of hydrogen-bond donors (Lipinski definition) is 0. The van der Waals surface area contributed by atoms with Crippen molar-refractivity contribution in [2.24, 2.45) is 0 Å². The minimum absolute atomic E-state index is 0. The average molecular weight is 384 g/mol. The van der Waals surface area contributed by atoms with Crippen LogP contribution in [-0.2, 0) is 19.5 Å². The summed E-state index contributed by atoms with van der Waals surface area (Å²) >= 11 is 0. The van der Waals surface area contributed by atoms with Gasteiger partial charge in [-0.25, -0.2) is 0 Å². The average Bonchev–Trinajstić information content (AvgIpc) is 1.93. The molecule has 1 rings (SSSR count). The van der Waals surface area contributed by atoms with Gasteiger partial charge in [0.25, 0.3) is 0 Å². The van der Waals surface area contributed by atoms with Crippen molar-refractivity contribution in [2.75, 3.05) is 0 Å². The molecule has 0 atom stereocenters. The molecule has 1 aliphatic rings. The van der Waals surface area contributed by atoms with Gasteiger partial charge in [0.1, 0.15) is 0 Å². The Balaban J connectivity index is -0.000000208. The van der Waals surface area contributed by atoms with Gasteiger partial charge >= 0.3 is 34.0 Å². The van der Waals surface area contributed by atoms with Gasteiger partial charge in [0.15, 0.2) is 0 Å². The Hall–Kier alpha value is -0.327. The summed E-state index contributed by atoms with van der Waals surface area (Å²) in [5.74, 6) is 0. The van der Waals surface area contributed by atoms with Crippen LogP contribution in [0.15, 0.2) is 18.2 Å². The van der Waals surface area contributed by atoms with Gasteiger partial charge in [-0.2, -0.15) is 6.42 Å². The van der Waals surface area contributed by atoms with E-state index in [0.29, 0.717) is 0 Å². The van der Waals surface area contributed by atoms with Crippen LogP contribution in [0.25, 0.3) is 0 Å². The van der Waals surface area contributed by atoms with Crippen molar-refractivity contribution in [3.8, 4) is 0 Å². The van der Waals surface area contributed by atoms with Crippen LogP contribution in [-0.4, -0.2) is 14.5 Å². The van der Waals surface area contributed by atoms with E-state index in [1.165, 1.54) is 19.3 Å². The van der Waals surface area contributed by atoms with Crippen molar-refractivity contribution in [2.45, 2.75) is 25.7 Å². The molecule has 0 aromatic rings. The Kier molecular flexibility index (Phi) is 15.9. The van der Waals surface area contributed by atoms with E-state index in [-0.39, 0.29) is 19.5 Å². The summed E-state index contributed by atoms with van der Waals surface area (Å²) < 4.78 is 78.0. The molecule has 0 saturated carbocycles. The molecule has 11 heteroatoms. The maximum absolute atomic E-state index is 9.75. The van der Waals surface area contributed by atoms with Crippen LogP contribution in [0, 0.1) is 6.08 Å². The first-order chi connectivity index (χ1) is 8.00. The predicted molar refractivity (Wildman–Crippen MR) is 55.8 cm³/mol. The summed E-state index contributed by atoms with van der Waals surface area (Å²) in [5.41, 5.74) is 0. The number of allylic oxidation sites excluding steroid dienone is 4. The van der Waals surface area contributed by atoms with E-state index in [0.717, 1.165) is 6.42 Å². The van der Waals surface area contributed by atoms with Crippen LogP contribution in [0.3, 0.4) is 0 Å². The zero-order chi connectivity index (χ0) is 14.7. The quantitative estimate of drug-likeness (QED) is 0.237. The van der Waals surface area contributed by atoms with E-state index in [1.54, 1.807) is 0 Å². The molecular formula is C8H11B2F8Rh. The molecule has 114 valence electrons. The molecule has 19 heavy (non-hydrogen) atoms. The summed E-state index contributed by atoms with van der Waals surface area (Å²) in [4.78, 5) is 0. The number of halogens is 8. The second-order valence-corrected chi connectivity index (χ2v) is 2.99. The first-order valence-electron chi connectivity index (χ1n) is 4.95. The molecule has 0 aromatic heterocycles. The third-order valence-electron chi connectivity index (χ3n) is 1.24. The van der Waals surface area contributed by atoms with E-state index < -0.39 is 14.5 Å². The fourth-order valence-electron chi connectivity index (χ4n) is 0.786. The van der Waals surface area contributed by atoms with Crippen molar-refractivity contribution in [3.05, 3.63) is 24.3 Å². The molecule has 0 aromatic carbocycles. The predicted octanol–water partition coefficient (Wildman–Crippen LogP) is 5.07. The van der Waals surface area contributed by atoms with Gasteiger partial charge in [-0.05, 0) is 6.42 Å². The van der Waals surface area contributed by atoms with E-state index >= 15 is 0 Å². The summed E-state index contributed by atoms with van der Waals surface area (Å²) in [6, 6.07) is 0. The van der Waals surface area contributed by atoms with Gasteiger partial charge in [0.2, 0.25) is 0 Å². The number of rotatable bonds is 0. The molecule has 0 amide bonds. The Morgan fingerprint density at radius 1 is 0.684 bits per heavy atom. The maximum atomic E-state index is 9.75. The first kappa shape index (κ1) is 23.7. The van der Waals surface area contributed by atoms with Crippen LogP contribution in [0.1, 0.15) is 25.7 Å². The van der Waals surface area contributed by atoms with Crippen molar-refractivity contribution < 1.29 is 54.0 Å². The molecule has 0 heterocycles. The second kappa shape index (κ2) is 12.7. The van der Waals surface area contributed by atoms with Crippen molar-refractivity contribution >= 4 is 14.5 Å². The normalized spacial score (nSPS) is 14.7. The molecule has 0 nitrogen and oxygen atoms in total. The molecule has 0 fully saturated rings. The standard InChI is InChI=1S/C8H11.2BF4.Rh/c1-2-4-6-8-7-5-3-1;2*2-1(3,4)5;/h1-2,7H,3-6H2;;;/q3*-1;+3. The van der Waals surface area contributed by atoms with Gasteiger partial charge in [-0.15, -0.1) is 0 Å². The molecular weight excluding hydrogens is 373 g/mol. The molecule has 0 unspecified atom stereocenters. The van der Waals surface area contributed by atoms with Gasteiger partial charge in [0, 0.05) is 0 Å². The molecule has 0 bridgehead atoms. The monoisotopic (exact) mass is 384 g/mol. The third-order valence-corrected chi connectivity index (χ3v) is 1.24. The molecule has 0 saturated heterocycles. The Morgan fingerprint density at radius 2 is 1.05 bits per heavy atom. The fourth-order valence-corrected chi connectivity index (χ4v) is 0.786. The van der Waals surface area contributed by atoms with Gasteiger partial charge in [-0.3, -0.25) is 6.08 Å². The summed E-state index contributed by atoms with van der Waals surface area (Å²) in [7, 11) is -12.0. The van der Waals surface area contributed by atoms with Crippen LogP contribution in [0.4, 0.5) is 34.5 Å². The molecule has 0 spiro atoms. The molecule has 0 N–H and O–H groups in total. The Morgan fingerprint density at radius 3 is 1.47 bits per heavy atom. The van der Waals surface area contributed by atoms with E-state index in [2.05, 4.69) is 24.3 Å². The second-order valence-electron chi connectivity index (χ2n) is 2.99. The van der Waals surface area contributed by atoms with Crippen LogP contribution >= 0.6 is 0 Å². The SMILES string of the molecule is F[B-](F)(F)F.F[B-](F)(F)F.[C-]1=CCCC=CCC1.[Rh+3]. The zero-order valence-electron chi connectivity index (χ0n) is 9.57. The number of hydrogen-bond acceptors (Lipinski definition) is 0. The fraction of sp³-hybridized carbons (Fsp3) is 0.500. The maximum Gasteiger partial charge on any atom is 3.00 e. The Labute approximate surface area is 119 Å². The van der Waals surface area contributed by atoms with Crippen LogP contribution < -0.4 is 0 Å². The van der Waals surface area contributed by atoms with Gasteiger partial charge < -0.3 is 40.6 Å². The van der Waals surface area contributed by atoms with Gasteiger partial charge in [0.05, 0.1) is 0 Å². The van der Waals surface area contributed by atoms with Crippen molar-refractivity contribution in [1.29, 1.82) is 0 Å². The van der Waals surface area contributed by atoms with E-state index in [4.69, 9.17) is 0 Å². The van der Waals surface area contributed by atoms with Crippen molar-refractivity contribution in [1.82, 2.24) is 0 Å². The molecule has 1 aliphatic carbocycles. The van der Waals surface area contributed by atoms with Gasteiger partial charge in [-0.1, -0.05) is 25.0 Å². The minimum atomic E-state index is -6.00. The van der Waals surface area contributed by atoms with E-state index in [1.807, 2.05) is 0 Å². The zero-order valence-corrected chi connectivity index (χ0v) is 11.2. The summed E-state index contributed by atoms with van der Waals surface area (Å²) in [6.07, 6.45) is 14.5. The molecule has 0 aliphatic heterocycles.